The zero-order valence-electron chi connectivity index (χ0n) is 9.35. The Bertz CT molecular complexity index is 363. The highest BCUT2D eigenvalue weighted by Gasteiger charge is 2.09. The monoisotopic (exact) mass is 242 g/mol. The fourth-order valence-corrected chi connectivity index (χ4v) is 1.94. The number of rotatable bonds is 3. The lowest BCUT2D eigenvalue weighted by Gasteiger charge is -2.14. The van der Waals surface area contributed by atoms with E-state index in [0.717, 1.165) is 12.0 Å². The van der Waals surface area contributed by atoms with Crippen molar-refractivity contribution in [3.8, 4) is 0 Å². The van der Waals surface area contributed by atoms with Gasteiger partial charge in [-0.25, -0.2) is 0 Å². The Morgan fingerprint density at radius 3 is 2.40 bits per heavy atom. The molecule has 1 unspecified atom stereocenters. The lowest BCUT2D eigenvalue weighted by molar-refractivity contribution is 0.746. The van der Waals surface area contributed by atoms with Gasteiger partial charge in [-0.2, -0.15) is 0 Å². The molecule has 0 spiro atoms. The maximum absolute atomic E-state index is 5.74. The molecule has 1 aromatic rings. The molecule has 2 heteroatoms. The SMILES string of the molecule is CC(CC(C)c1ccccc1C)=C(Cl)Cl. The van der Waals surface area contributed by atoms with Crippen LogP contribution in [0.15, 0.2) is 34.3 Å². The van der Waals surface area contributed by atoms with Crippen molar-refractivity contribution in [2.75, 3.05) is 0 Å². The van der Waals surface area contributed by atoms with Gasteiger partial charge in [0.1, 0.15) is 4.49 Å². The summed E-state index contributed by atoms with van der Waals surface area (Å²) in [5.41, 5.74) is 3.74. The number of hydrogen-bond acceptors (Lipinski definition) is 0. The van der Waals surface area contributed by atoms with E-state index in [1.807, 2.05) is 6.92 Å². The summed E-state index contributed by atoms with van der Waals surface area (Å²) in [6.45, 7) is 6.31. The summed E-state index contributed by atoms with van der Waals surface area (Å²) in [7, 11) is 0. The molecule has 0 nitrogen and oxygen atoms in total. The van der Waals surface area contributed by atoms with Crippen molar-refractivity contribution in [3.63, 3.8) is 0 Å². The molecule has 0 N–H and O–H groups in total. The second-order valence-electron chi connectivity index (χ2n) is 4.00. The highest BCUT2D eigenvalue weighted by atomic mass is 35.5. The van der Waals surface area contributed by atoms with E-state index in [0.29, 0.717) is 10.4 Å². The van der Waals surface area contributed by atoms with Crippen molar-refractivity contribution < 1.29 is 0 Å². The second kappa shape index (κ2) is 5.58. The third-order valence-electron chi connectivity index (χ3n) is 2.65. The van der Waals surface area contributed by atoms with Crippen LogP contribution in [-0.4, -0.2) is 0 Å². The third kappa shape index (κ3) is 3.55. The van der Waals surface area contributed by atoms with Crippen molar-refractivity contribution in [1.29, 1.82) is 0 Å². The fourth-order valence-electron chi connectivity index (χ4n) is 1.79. The number of allylic oxidation sites excluding steroid dienone is 1. The molecule has 0 aliphatic carbocycles. The molecule has 0 bridgehead atoms. The van der Waals surface area contributed by atoms with Gasteiger partial charge in [-0.3, -0.25) is 0 Å². The van der Waals surface area contributed by atoms with Gasteiger partial charge < -0.3 is 0 Å². The molecule has 1 rings (SSSR count). The van der Waals surface area contributed by atoms with Crippen LogP contribution in [0.2, 0.25) is 0 Å². The highest BCUT2D eigenvalue weighted by molar-refractivity contribution is 6.56. The molecular weight excluding hydrogens is 227 g/mol. The molecule has 1 aromatic carbocycles. The summed E-state index contributed by atoms with van der Waals surface area (Å²) < 4.78 is 0.399. The number of benzene rings is 1. The molecular formula is C13H16Cl2. The standard InChI is InChI=1S/C13H16Cl2/c1-9-6-4-5-7-12(9)10(2)8-11(3)13(14)15/h4-7,10H,8H2,1-3H3. The number of halogens is 2. The van der Waals surface area contributed by atoms with Gasteiger partial charge in [0.25, 0.3) is 0 Å². The Hall–Kier alpha value is -0.460. The minimum atomic E-state index is 0.399. The predicted molar refractivity (Wildman–Crippen MR) is 68.6 cm³/mol. The van der Waals surface area contributed by atoms with Crippen LogP contribution in [0.1, 0.15) is 37.3 Å². The van der Waals surface area contributed by atoms with Gasteiger partial charge in [-0.1, -0.05) is 54.4 Å². The Morgan fingerprint density at radius 2 is 1.87 bits per heavy atom. The van der Waals surface area contributed by atoms with Crippen molar-refractivity contribution in [1.82, 2.24) is 0 Å². The van der Waals surface area contributed by atoms with E-state index in [4.69, 9.17) is 23.2 Å². The first kappa shape index (κ1) is 12.6. The summed E-state index contributed by atoms with van der Waals surface area (Å²) in [6.07, 6.45) is 0.910. The van der Waals surface area contributed by atoms with E-state index in [1.165, 1.54) is 11.1 Å². The van der Waals surface area contributed by atoms with E-state index in [1.54, 1.807) is 0 Å². The summed E-state index contributed by atoms with van der Waals surface area (Å²) in [4.78, 5) is 0. The third-order valence-corrected chi connectivity index (χ3v) is 3.30. The van der Waals surface area contributed by atoms with Gasteiger partial charge in [-0.15, -0.1) is 0 Å². The normalized spacial score (nSPS) is 12.3. The van der Waals surface area contributed by atoms with Gasteiger partial charge >= 0.3 is 0 Å². The van der Waals surface area contributed by atoms with Crippen molar-refractivity contribution in [3.05, 3.63) is 45.5 Å². The van der Waals surface area contributed by atoms with E-state index < -0.39 is 0 Å². The Balaban J connectivity index is 2.83. The average Bonchev–Trinajstić information content (AvgIpc) is 2.18. The van der Waals surface area contributed by atoms with Crippen LogP contribution >= 0.6 is 23.2 Å². The molecule has 0 aliphatic rings. The minimum Gasteiger partial charge on any atom is -0.0710 e. The number of aryl methyl sites for hydroxylation is 1. The van der Waals surface area contributed by atoms with Crippen molar-refractivity contribution >= 4 is 23.2 Å². The van der Waals surface area contributed by atoms with E-state index in [-0.39, 0.29) is 0 Å². The minimum absolute atomic E-state index is 0.399. The lowest BCUT2D eigenvalue weighted by Crippen LogP contribution is -1.97. The van der Waals surface area contributed by atoms with E-state index in [9.17, 15) is 0 Å². The quantitative estimate of drug-likeness (QED) is 0.684. The molecule has 0 aromatic heterocycles. The van der Waals surface area contributed by atoms with Crippen LogP contribution in [0.5, 0.6) is 0 Å². The fraction of sp³-hybridized carbons (Fsp3) is 0.385. The van der Waals surface area contributed by atoms with Crippen molar-refractivity contribution in [2.24, 2.45) is 0 Å². The maximum Gasteiger partial charge on any atom is 0.105 e. The summed E-state index contributed by atoms with van der Waals surface area (Å²) in [5.74, 6) is 0.457. The van der Waals surface area contributed by atoms with Crippen LogP contribution in [0, 0.1) is 6.92 Å². The first-order valence-electron chi connectivity index (χ1n) is 5.08. The largest absolute Gasteiger partial charge is 0.105 e. The van der Waals surface area contributed by atoms with Crippen LogP contribution < -0.4 is 0 Å². The van der Waals surface area contributed by atoms with Crippen molar-refractivity contribution in [2.45, 2.75) is 33.1 Å². The van der Waals surface area contributed by atoms with E-state index >= 15 is 0 Å². The summed E-state index contributed by atoms with van der Waals surface area (Å²) in [6, 6.07) is 8.42. The topological polar surface area (TPSA) is 0 Å². The van der Waals surface area contributed by atoms with Gasteiger partial charge in [0.2, 0.25) is 0 Å². The smallest absolute Gasteiger partial charge is 0.0710 e. The molecule has 0 saturated carbocycles. The van der Waals surface area contributed by atoms with Crippen LogP contribution in [0.25, 0.3) is 0 Å². The number of hydrogen-bond donors (Lipinski definition) is 0. The molecule has 15 heavy (non-hydrogen) atoms. The molecule has 0 radical (unpaired) electrons. The molecule has 0 fully saturated rings. The molecule has 0 amide bonds. The maximum atomic E-state index is 5.74. The Labute approximate surface area is 102 Å². The van der Waals surface area contributed by atoms with Gasteiger partial charge in [0.15, 0.2) is 0 Å². The molecule has 82 valence electrons. The first-order valence-corrected chi connectivity index (χ1v) is 5.84. The average molecular weight is 243 g/mol. The molecule has 1 atom stereocenters. The molecule has 0 saturated heterocycles. The zero-order valence-corrected chi connectivity index (χ0v) is 10.9. The van der Waals surface area contributed by atoms with Crippen LogP contribution in [-0.2, 0) is 0 Å². The molecule has 0 aliphatic heterocycles. The zero-order chi connectivity index (χ0) is 11.4. The summed E-state index contributed by atoms with van der Waals surface area (Å²) in [5, 5.41) is 0. The molecule has 0 heterocycles. The van der Waals surface area contributed by atoms with E-state index in [2.05, 4.69) is 38.1 Å². The van der Waals surface area contributed by atoms with Gasteiger partial charge in [-0.05, 0) is 42.9 Å². The Kier molecular flexibility index (Phi) is 4.69. The van der Waals surface area contributed by atoms with Gasteiger partial charge in [0.05, 0.1) is 0 Å². The second-order valence-corrected chi connectivity index (χ2v) is 4.95. The van der Waals surface area contributed by atoms with Crippen LogP contribution in [0.3, 0.4) is 0 Å². The Morgan fingerprint density at radius 1 is 1.27 bits per heavy atom. The first-order chi connectivity index (χ1) is 7.02. The lowest BCUT2D eigenvalue weighted by atomic mass is 9.91. The highest BCUT2D eigenvalue weighted by Crippen LogP contribution is 2.28. The predicted octanol–water partition coefficient (Wildman–Crippen LogP) is 5.20. The van der Waals surface area contributed by atoms with Gasteiger partial charge in [0, 0.05) is 0 Å². The van der Waals surface area contributed by atoms with Crippen LogP contribution in [0.4, 0.5) is 0 Å². The summed E-state index contributed by atoms with van der Waals surface area (Å²) >= 11 is 11.5.